The molecule has 3 rings (SSSR count). The maximum absolute atomic E-state index is 10.3. The van der Waals surface area contributed by atoms with E-state index in [1.807, 2.05) is 17.8 Å². The molecule has 6 nitrogen and oxygen atoms in total. The summed E-state index contributed by atoms with van der Waals surface area (Å²) < 4.78 is 7.61. The lowest BCUT2D eigenvalue weighted by molar-refractivity contribution is 0.0609. The Bertz CT molecular complexity index is 720. The smallest absolute Gasteiger partial charge is 0.119 e. The lowest BCUT2D eigenvalue weighted by atomic mass is 10.2. The van der Waals surface area contributed by atoms with Crippen LogP contribution in [0.3, 0.4) is 0 Å². The highest BCUT2D eigenvalue weighted by atomic mass is 16.5. The van der Waals surface area contributed by atoms with E-state index in [0.29, 0.717) is 23.9 Å². The van der Waals surface area contributed by atoms with Gasteiger partial charge in [0.1, 0.15) is 18.5 Å². The van der Waals surface area contributed by atoms with E-state index in [0.717, 1.165) is 25.9 Å². The molecule has 1 aliphatic heterocycles. The molecule has 0 unspecified atom stereocenters. The first-order valence-corrected chi connectivity index (χ1v) is 8.68. The summed E-state index contributed by atoms with van der Waals surface area (Å²) in [6.07, 6.45) is 5.66. The van der Waals surface area contributed by atoms with Crippen molar-refractivity contribution >= 4 is 0 Å². The molecule has 1 aliphatic rings. The maximum atomic E-state index is 10.3. The summed E-state index contributed by atoms with van der Waals surface area (Å²) in [6.45, 7) is 4.74. The normalized spacial score (nSPS) is 18.8. The van der Waals surface area contributed by atoms with E-state index in [9.17, 15) is 5.11 Å². The third-order valence-corrected chi connectivity index (χ3v) is 4.53. The van der Waals surface area contributed by atoms with Crippen molar-refractivity contribution in [3.8, 4) is 11.8 Å². The summed E-state index contributed by atoms with van der Waals surface area (Å²) in [5, 5.41) is 23.5. The molecule has 25 heavy (non-hydrogen) atoms. The van der Waals surface area contributed by atoms with Crippen molar-refractivity contribution in [3.05, 3.63) is 47.8 Å². The Morgan fingerprint density at radius 3 is 2.88 bits per heavy atom. The Morgan fingerprint density at radius 1 is 1.40 bits per heavy atom. The number of nitrogens with zero attached hydrogens (tertiary/aromatic N) is 4. The van der Waals surface area contributed by atoms with Crippen molar-refractivity contribution in [2.75, 3.05) is 19.7 Å². The molecule has 132 valence electrons. The summed E-state index contributed by atoms with van der Waals surface area (Å²) >= 11 is 0. The van der Waals surface area contributed by atoms with Gasteiger partial charge in [-0.2, -0.15) is 10.4 Å². The SMILES string of the molecule is Cc1cnn(C[C@@H]2CCCN2C[C@@H](O)COc2ccc(C#N)cc2)c1. The van der Waals surface area contributed by atoms with E-state index in [2.05, 4.69) is 22.3 Å². The van der Waals surface area contributed by atoms with Gasteiger partial charge < -0.3 is 9.84 Å². The Kier molecular flexibility index (Phi) is 5.69. The Morgan fingerprint density at radius 2 is 2.20 bits per heavy atom. The average molecular weight is 340 g/mol. The highest BCUT2D eigenvalue weighted by molar-refractivity contribution is 5.34. The molecule has 6 heteroatoms. The van der Waals surface area contributed by atoms with Gasteiger partial charge in [0.25, 0.3) is 0 Å². The van der Waals surface area contributed by atoms with Gasteiger partial charge in [-0.15, -0.1) is 0 Å². The van der Waals surface area contributed by atoms with Gasteiger partial charge in [-0.05, 0) is 56.1 Å². The van der Waals surface area contributed by atoms with Gasteiger partial charge in [0.2, 0.25) is 0 Å². The fourth-order valence-corrected chi connectivity index (χ4v) is 3.27. The first-order chi connectivity index (χ1) is 12.1. The maximum Gasteiger partial charge on any atom is 0.119 e. The van der Waals surface area contributed by atoms with Crippen LogP contribution in [-0.2, 0) is 6.54 Å². The number of hydrogen-bond acceptors (Lipinski definition) is 5. The summed E-state index contributed by atoms with van der Waals surface area (Å²) in [6, 6.07) is 9.41. The van der Waals surface area contributed by atoms with Gasteiger partial charge in [-0.25, -0.2) is 0 Å². The Hall–Kier alpha value is -2.36. The van der Waals surface area contributed by atoms with Crippen LogP contribution < -0.4 is 4.74 Å². The van der Waals surface area contributed by atoms with Gasteiger partial charge >= 0.3 is 0 Å². The lowest BCUT2D eigenvalue weighted by Crippen LogP contribution is -2.40. The monoisotopic (exact) mass is 340 g/mol. The number of likely N-dealkylation sites (tertiary alicyclic amines) is 1. The molecule has 2 atom stereocenters. The number of benzene rings is 1. The Labute approximate surface area is 148 Å². The first kappa shape index (κ1) is 17.5. The molecule has 2 heterocycles. The van der Waals surface area contributed by atoms with E-state index in [-0.39, 0.29) is 6.61 Å². The molecule has 0 radical (unpaired) electrons. The summed E-state index contributed by atoms with van der Waals surface area (Å²) in [4.78, 5) is 2.32. The zero-order valence-corrected chi connectivity index (χ0v) is 14.5. The minimum Gasteiger partial charge on any atom is -0.491 e. The number of aliphatic hydroxyl groups is 1. The predicted molar refractivity (Wildman–Crippen MR) is 94.2 cm³/mol. The molecule has 1 aromatic carbocycles. The summed E-state index contributed by atoms with van der Waals surface area (Å²) in [7, 11) is 0. The van der Waals surface area contributed by atoms with E-state index in [4.69, 9.17) is 10.00 Å². The second-order valence-electron chi connectivity index (χ2n) is 6.63. The van der Waals surface area contributed by atoms with Crippen molar-refractivity contribution < 1.29 is 9.84 Å². The second kappa shape index (κ2) is 8.15. The number of rotatable bonds is 7. The van der Waals surface area contributed by atoms with Crippen LogP contribution in [0.25, 0.3) is 0 Å². The number of nitriles is 1. The van der Waals surface area contributed by atoms with Crippen molar-refractivity contribution in [1.29, 1.82) is 5.26 Å². The van der Waals surface area contributed by atoms with E-state index in [1.54, 1.807) is 24.3 Å². The third-order valence-electron chi connectivity index (χ3n) is 4.53. The zero-order valence-electron chi connectivity index (χ0n) is 14.5. The number of hydrogen-bond donors (Lipinski definition) is 1. The molecular formula is C19H24N4O2. The molecule has 0 bridgehead atoms. The number of ether oxygens (including phenoxy) is 1. The Balaban J connectivity index is 1.47. The van der Waals surface area contributed by atoms with Crippen LogP contribution in [0, 0.1) is 18.3 Å². The lowest BCUT2D eigenvalue weighted by Gasteiger charge is -2.26. The van der Waals surface area contributed by atoms with Crippen molar-refractivity contribution in [2.24, 2.45) is 0 Å². The van der Waals surface area contributed by atoms with Crippen molar-refractivity contribution in [1.82, 2.24) is 14.7 Å². The quantitative estimate of drug-likeness (QED) is 0.834. The van der Waals surface area contributed by atoms with Crippen molar-refractivity contribution in [3.63, 3.8) is 0 Å². The molecule has 0 spiro atoms. The largest absolute Gasteiger partial charge is 0.491 e. The molecular weight excluding hydrogens is 316 g/mol. The molecule has 0 amide bonds. The van der Waals surface area contributed by atoms with Gasteiger partial charge in [0, 0.05) is 18.8 Å². The second-order valence-corrected chi connectivity index (χ2v) is 6.63. The predicted octanol–water partition coefficient (Wildman–Crippen LogP) is 1.97. The summed E-state index contributed by atoms with van der Waals surface area (Å²) in [5.74, 6) is 0.669. The third kappa shape index (κ3) is 4.81. The van der Waals surface area contributed by atoms with Crippen molar-refractivity contribution in [2.45, 2.75) is 38.5 Å². The minimum atomic E-state index is -0.546. The number of aromatic nitrogens is 2. The van der Waals surface area contributed by atoms with Gasteiger partial charge in [0.15, 0.2) is 0 Å². The highest BCUT2D eigenvalue weighted by Crippen LogP contribution is 2.19. The van der Waals surface area contributed by atoms with Gasteiger partial charge in [-0.3, -0.25) is 9.58 Å². The topological polar surface area (TPSA) is 74.3 Å². The van der Waals surface area contributed by atoms with Crippen LogP contribution in [0.5, 0.6) is 5.75 Å². The standard InChI is InChI=1S/C19H24N4O2/c1-15-10-21-23(11-15)12-17-3-2-8-22(17)13-18(24)14-25-19-6-4-16(9-20)5-7-19/h4-7,10-11,17-18,24H,2-3,8,12-14H2,1H3/t17-,18+/m0/s1. The van der Waals surface area contributed by atoms with Crippen LogP contribution >= 0.6 is 0 Å². The number of β-amino-alcohol motifs (C(OH)–C–C–N with tert-alkyl or cyclic N) is 1. The molecule has 2 aromatic rings. The number of aryl methyl sites for hydroxylation is 1. The molecule has 1 N–H and O–H groups in total. The zero-order chi connectivity index (χ0) is 17.6. The fraction of sp³-hybridized carbons (Fsp3) is 0.474. The average Bonchev–Trinajstić information content (AvgIpc) is 3.23. The molecule has 0 aliphatic carbocycles. The van der Waals surface area contributed by atoms with Crippen LogP contribution in [-0.4, -0.2) is 51.6 Å². The van der Waals surface area contributed by atoms with E-state index in [1.165, 1.54) is 5.56 Å². The van der Waals surface area contributed by atoms with Crippen LogP contribution in [0.15, 0.2) is 36.7 Å². The van der Waals surface area contributed by atoms with Crippen LogP contribution in [0.4, 0.5) is 0 Å². The van der Waals surface area contributed by atoms with Crippen LogP contribution in [0.2, 0.25) is 0 Å². The van der Waals surface area contributed by atoms with Gasteiger partial charge in [0.05, 0.1) is 24.4 Å². The minimum absolute atomic E-state index is 0.246. The van der Waals surface area contributed by atoms with Crippen LogP contribution in [0.1, 0.15) is 24.0 Å². The molecule has 1 aromatic heterocycles. The van der Waals surface area contributed by atoms with Gasteiger partial charge in [-0.1, -0.05) is 0 Å². The number of aliphatic hydroxyl groups excluding tert-OH is 1. The van der Waals surface area contributed by atoms with E-state index >= 15 is 0 Å². The van der Waals surface area contributed by atoms with E-state index < -0.39 is 6.10 Å². The molecule has 1 fully saturated rings. The molecule has 0 saturated carbocycles. The summed E-state index contributed by atoms with van der Waals surface area (Å²) in [5.41, 5.74) is 1.77. The first-order valence-electron chi connectivity index (χ1n) is 8.68. The fourth-order valence-electron chi connectivity index (χ4n) is 3.27. The highest BCUT2D eigenvalue weighted by Gasteiger charge is 2.26. The molecule has 1 saturated heterocycles.